The molecule has 122 valence electrons. The van der Waals surface area contributed by atoms with Crippen molar-refractivity contribution in [3.05, 3.63) is 35.2 Å². The van der Waals surface area contributed by atoms with Gasteiger partial charge in [0, 0.05) is 5.56 Å². The Morgan fingerprint density at radius 2 is 2.13 bits per heavy atom. The number of carbonyl (C=O) groups is 1. The van der Waals surface area contributed by atoms with Crippen LogP contribution in [0.3, 0.4) is 0 Å². The fourth-order valence-electron chi connectivity index (χ4n) is 2.14. The first-order valence-corrected chi connectivity index (χ1v) is 7.00. The van der Waals surface area contributed by atoms with Gasteiger partial charge in [0.15, 0.2) is 0 Å². The fourth-order valence-corrected chi connectivity index (χ4v) is 2.14. The maximum atomic E-state index is 12.1. The number of fused-ring (bicyclic) bond motifs is 1. The second-order valence-electron chi connectivity index (χ2n) is 5.97. The number of benzene rings is 1. The number of hydrogen-bond acceptors (Lipinski definition) is 6. The number of nitrogens with one attached hydrogen (secondary N) is 1. The molecule has 0 aliphatic carbocycles. The molecule has 0 aromatic heterocycles. The lowest BCUT2D eigenvalue weighted by atomic mass is 9.96. The Morgan fingerprint density at radius 1 is 1.43 bits per heavy atom. The molecule has 1 amide bonds. The molecule has 0 unspecified atom stereocenters. The quantitative estimate of drug-likeness (QED) is 0.867. The van der Waals surface area contributed by atoms with E-state index >= 15 is 0 Å². The zero-order valence-corrected chi connectivity index (χ0v) is 13.5. The predicted molar refractivity (Wildman–Crippen MR) is 82.6 cm³/mol. The van der Waals surface area contributed by atoms with Crippen LogP contribution in [0.2, 0.25) is 0 Å². The van der Waals surface area contributed by atoms with Crippen LogP contribution in [0.5, 0.6) is 11.5 Å². The fraction of sp³-hybridized carbons (Fsp3) is 0.375. The minimum atomic E-state index is -0.770. The van der Waals surface area contributed by atoms with Gasteiger partial charge in [0.2, 0.25) is 5.88 Å². The highest BCUT2D eigenvalue weighted by Gasteiger charge is 2.32. The van der Waals surface area contributed by atoms with Gasteiger partial charge in [-0.25, -0.2) is 4.79 Å². The molecular formula is C16H19N3O4. The largest absolute Gasteiger partial charge is 0.497 e. The topological polar surface area (TPSA) is 107 Å². The van der Waals surface area contributed by atoms with Gasteiger partial charge >= 0.3 is 6.09 Å². The lowest BCUT2D eigenvalue weighted by molar-refractivity contribution is 0.0510. The van der Waals surface area contributed by atoms with Gasteiger partial charge in [0.25, 0.3) is 0 Å². The summed E-state index contributed by atoms with van der Waals surface area (Å²) in [6.07, 6.45) is -0.654. The Labute approximate surface area is 134 Å². The molecule has 23 heavy (non-hydrogen) atoms. The zero-order chi connectivity index (χ0) is 17.2. The SMILES string of the molecule is COc1ccc2c(c1)[C@@H](NC(=O)OC(C)(C)C)C(C#N)=C(N)O2. The van der Waals surface area contributed by atoms with E-state index in [2.05, 4.69) is 5.32 Å². The van der Waals surface area contributed by atoms with Crippen molar-refractivity contribution in [3.63, 3.8) is 0 Å². The molecule has 0 radical (unpaired) electrons. The van der Waals surface area contributed by atoms with Crippen molar-refractivity contribution in [1.82, 2.24) is 5.32 Å². The van der Waals surface area contributed by atoms with Crippen molar-refractivity contribution in [2.24, 2.45) is 5.73 Å². The summed E-state index contributed by atoms with van der Waals surface area (Å²) in [5.41, 5.74) is 5.80. The Bertz CT molecular complexity index is 698. The second kappa shape index (κ2) is 6.08. The van der Waals surface area contributed by atoms with Crippen LogP contribution in [-0.2, 0) is 4.74 Å². The van der Waals surface area contributed by atoms with E-state index in [0.717, 1.165) is 0 Å². The van der Waals surface area contributed by atoms with Crippen LogP contribution in [0.4, 0.5) is 4.79 Å². The van der Waals surface area contributed by atoms with E-state index in [0.29, 0.717) is 17.1 Å². The number of nitrogens with zero attached hydrogens (tertiary/aromatic N) is 1. The summed E-state index contributed by atoms with van der Waals surface area (Å²) < 4.78 is 15.9. The summed E-state index contributed by atoms with van der Waals surface area (Å²) in [6, 6.07) is 6.25. The maximum absolute atomic E-state index is 12.1. The third-order valence-electron chi connectivity index (χ3n) is 3.08. The highest BCUT2D eigenvalue weighted by atomic mass is 16.6. The number of nitriles is 1. The Balaban J connectivity index is 2.39. The van der Waals surface area contributed by atoms with Crippen LogP contribution in [0.15, 0.2) is 29.7 Å². The van der Waals surface area contributed by atoms with E-state index in [9.17, 15) is 10.1 Å². The first kappa shape index (κ1) is 16.5. The lowest BCUT2D eigenvalue weighted by Crippen LogP contribution is -2.37. The smallest absolute Gasteiger partial charge is 0.408 e. The summed E-state index contributed by atoms with van der Waals surface area (Å²) in [5.74, 6) is 0.968. The van der Waals surface area contributed by atoms with Gasteiger partial charge < -0.3 is 25.3 Å². The zero-order valence-electron chi connectivity index (χ0n) is 13.5. The summed E-state index contributed by atoms with van der Waals surface area (Å²) in [5, 5.41) is 12.0. The standard InChI is InChI=1S/C16H19N3O4/c1-16(2,3)23-15(20)19-13-10-7-9(21-4)5-6-12(10)22-14(18)11(13)8-17/h5-7,13H,18H2,1-4H3,(H,19,20)/t13-/m1/s1. The first-order chi connectivity index (χ1) is 10.7. The minimum absolute atomic E-state index is 0.0498. The number of amides is 1. The highest BCUT2D eigenvalue weighted by molar-refractivity contribution is 5.70. The van der Waals surface area contributed by atoms with Crippen LogP contribution < -0.4 is 20.5 Å². The number of alkyl carbamates (subject to hydrolysis) is 1. The van der Waals surface area contributed by atoms with E-state index in [-0.39, 0.29) is 11.5 Å². The van der Waals surface area contributed by atoms with Gasteiger partial charge in [-0.3, -0.25) is 0 Å². The Hall–Kier alpha value is -2.88. The molecule has 2 rings (SSSR count). The van der Waals surface area contributed by atoms with Gasteiger partial charge in [-0.2, -0.15) is 5.26 Å². The normalized spacial score (nSPS) is 16.7. The predicted octanol–water partition coefficient (Wildman–Crippen LogP) is 2.35. The number of rotatable bonds is 2. The highest BCUT2D eigenvalue weighted by Crippen LogP contribution is 2.38. The van der Waals surface area contributed by atoms with Gasteiger partial charge in [-0.15, -0.1) is 0 Å². The van der Waals surface area contributed by atoms with Crippen molar-refractivity contribution in [2.45, 2.75) is 32.4 Å². The van der Waals surface area contributed by atoms with Crippen LogP contribution >= 0.6 is 0 Å². The molecule has 7 heteroatoms. The third-order valence-corrected chi connectivity index (χ3v) is 3.08. The molecule has 0 bridgehead atoms. The second-order valence-corrected chi connectivity index (χ2v) is 5.97. The van der Waals surface area contributed by atoms with Crippen molar-refractivity contribution >= 4 is 6.09 Å². The molecule has 1 aromatic carbocycles. The van der Waals surface area contributed by atoms with E-state index in [1.54, 1.807) is 39.0 Å². The molecule has 1 aromatic rings. The molecular weight excluding hydrogens is 298 g/mol. The van der Waals surface area contributed by atoms with E-state index in [4.69, 9.17) is 19.9 Å². The average molecular weight is 317 g/mol. The van der Waals surface area contributed by atoms with Crippen LogP contribution in [-0.4, -0.2) is 18.8 Å². The monoisotopic (exact) mass is 317 g/mol. The summed E-state index contributed by atoms with van der Waals surface area (Å²) in [6.45, 7) is 5.26. The molecule has 1 aliphatic heterocycles. The molecule has 0 spiro atoms. The lowest BCUT2D eigenvalue weighted by Gasteiger charge is -2.28. The van der Waals surface area contributed by atoms with E-state index in [1.807, 2.05) is 6.07 Å². The summed E-state index contributed by atoms with van der Waals surface area (Å²) in [4.78, 5) is 12.1. The number of methoxy groups -OCH3 is 1. The molecule has 0 saturated carbocycles. The minimum Gasteiger partial charge on any atom is -0.497 e. The van der Waals surface area contributed by atoms with E-state index < -0.39 is 17.7 Å². The number of ether oxygens (including phenoxy) is 3. The molecule has 0 fully saturated rings. The molecule has 7 nitrogen and oxygen atoms in total. The van der Waals surface area contributed by atoms with Crippen molar-refractivity contribution in [3.8, 4) is 17.6 Å². The van der Waals surface area contributed by atoms with Crippen LogP contribution in [0, 0.1) is 11.3 Å². The number of hydrogen-bond donors (Lipinski definition) is 2. The number of nitrogens with two attached hydrogens (primary N) is 1. The van der Waals surface area contributed by atoms with E-state index in [1.165, 1.54) is 7.11 Å². The van der Waals surface area contributed by atoms with Crippen LogP contribution in [0.25, 0.3) is 0 Å². The van der Waals surface area contributed by atoms with Gasteiger partial charge in [0.05, 0.1) is 7.11 Å². The molecule has 1 atom stereocenters. The molecule has 0 saturated heterocycles. The average Bonchev–Trinajstić information content (AvgIpc) is 2.45. The van der Waals surface area contributed by atoms with Crippen molar-refractivity contribution in [1.29, 1.82) is 5.26 Å². The number of carbonyl (C=O) groups excluding carboxylic acids is 1. The van der Waals surface area contributed by atoms with Gasteiger partial charge in [-0.05, 0) is 39.0 Å². The molecule has 3 N–H and O–H groups in total. The maximum Gasteiger partial charge on any atom is 0.408 e. The third kappa shape index (κ3) is 3.66. The van der Waals surface area contributed by atoms with Crippen molar-refractivity contribution < 1.29 is 19.0 Å². The molecule has 1 heterocycles. The Morgan fingerprint density at radius 3 is 2.70 bits per heavy atom. The van der Waals surface area contributed by atoms with Crippen LogP contribution in [0.1, 0.15) is 32.4 Å². The first-order valence-electron chi connectivity index (χ1n) is 7.00. The van der Waals surface area contributed by atoms with Crippen molar-refractivity contribution in [2.75, 3.05) is 7.11 Å². The summed E-state index contributed by atoms with van der Waals surface area (Å²) in [7, 11) is 1.52. The molecule has 1 aliphatic rings. The van der Waals surface area contributed by atoms with Gasteiger partial charge in [-0.1, -0.05) is 0 Å². The summed E-state index contributed by atoms with van der Waals surface area (Å²) >= 11 is 0. The van der Waals surface area contributed by atoms with Gasteiger partial charge in [0.1, 0.15) is 34.8 Å². The Kier molecular flexibility index (Phi) is 4.36.